The minimum absolute atomic E-state index is 0.0112. The lowest BCUT2D eigenvalue weighted by atomic mass is 10.0. The molecule has 2 heterocycles. The van der Waals surface area contributed by atoms with Crippen LogP contribution in [0.3, 0.4) is 0 Å². The molecular weight excluding hydrogens is 693 g/mol. The lowest BCUT2D eigenvalue weighted by molar-refractivity contribution is 0.0472. The molecule has 9 rings (SSSR count). The summed E-state index contributed by atoms with van der Waals surface area (Å²) >= 11 is 0. The standard InChI is InChI=1S/C46H32N2O5S/c1-29(49)33-25-34(27-37(26-33)54(51)52)46(50)53-28-30-14-23-45-41(24-30)40-10-4-7-13-44(40)48(45)36-21-17-32(18-22-36)31-15-19-35(20-16-31)47-42-11-5-2-8-38(42)39-9-3-6-12-43(39)47/h2-27,54H,28H2,1H3. The first kappa shape index (κ1) is 33.1. The number of ether oxygens (including phenoxy) is 1. The lowest BCUT2D eigenvalue weighted by Gasteiger charge is -2.11. The summed E-state index contributed by atoms with van der Waals surface area (Å²) < 4.78 is 33.4. The van der Waals surface area contributed by atoms with Crippen molar-refractivity contribution >= 4 is 66.1 Å². The van der Waals surface area contributed by atoms with Crippen molar-refractivity contribution in [1.29, 1.82) is 0 Å². The van der Waals surface area contributed by atoms with Crippen LogP contribution in [0.1, 0.15) is 33.2 Å². The van der Waals surface area contributed by atoms with E-state index < -0.39 is 16.7 Å². The Morgan fingerprint density at radius 3 is 1.48 bits per heavy atom. The van der Waals surface area contributed by atoms with Crippen LogP contribution < -0.4 is 0 Å². The highest BCUT2D eigenvalue weighted by Crippen LogP contribution is 2.35. The zero-order valence-electron chi connectivity index (χ0n) is 29.1. The lowest BCUT2D eigenvalue weighted by Crippen LogP contribution is -2.08. The number of thiol groups is 1. The van der Waals surface area contributed by atoms with Crippen LogP contribution in [0.15, 0.2) is 163 Å². The van der Waals surface area contributed by atoms with Crippen LogP contribution in [0, 0.1) is 0 Å². The van der Waals surface area contributed by atoms with Gasteiger partial charge in [-0.2, -0.15) is 0 Å². The molecule has 0 fully saturated rings. The van der Waals surface area contributed by atoms with Crippen molar-refractivity contribution < 1.29 is 22.7 Å². The number of esters is 1. The first-order chi connectivity index (χ1) is 26.3. The van der Waals surface area contributed by atoms with Gasteiger partial charge in [-0.1, -0.05) is 84.9 Å². The number of nitrogens with zero attached hydrogens (tertiary/aromatic N) is 2. The fraction of sp³-hybridized carbons (Fsp3) is 0.0435. The Kier molecular flexibility index (Phi) is 8.17. The van der Waals surface area contributed by atoms with Gasteiger partial charge in [-0.05, 0) is 96.4 Å². The molecule has 0 saturated carbocycles. The molecule has 2 aromatic heterocycles. The Morgan fingerprint density at radius 1 is 0.519 bits per heavy atom. The van der Waals surface area contributed by atoms with Gasteiger partial charge < -0.3 is 13.9 Å². The fourth-order valence-electron chi connectivity index (χ4n) is 7.46. The third-order valence-corrected chi connectivity index (χ3v) is 10.7. The predicted molar refractivity (Wildman–Crippen MR) is 215 cm³/mol. The number of para-hydroxylation sites is 3. The van der Waals surface area contributed by atoms with Crippen LogP contribution >= 0.6 is 0 Å². The number of hydrogen-bond acceptors (Lipinski definition) is 5. The summed E-state index contributed by atoms with van der Waals surface area (Å²) in [5.41, 5.74) is 9.70. The molecule has 262 valence electrons. The molecule has 0 radical (unpaired) electrons. The first-order valence-corrected chi connectivity index (χ1v) is 18.7. The summed E-state index contributed by atoms with van der Waals surface area (Å²) in [6.07, 6.45) is 0. The Balaban J connectivity index is 0.999. The average molecular weight is 725 g/mol. The van der Waals surface area contributed by atoms with E-state index in [2.05, 4.69) is 118 Å². The molecule has 0 amide bonds. The van der Waals surface area contributed by atoms with E-state index in [1.54, 1.807) is 0 Å². The monoisotopic (exact) mass is 724 g/mol. The average Bonchev–Trinajstić information content (AvgIpc) is 3.72. The number of hydrogen-bond donors (Lipinski definition) is 1. The molecule has 0 unspecified atom stereocenters. The summed E-state index contributed by atoms with van der Waals surface area (Å²) in [7, 11) is -2.98. The predicted octanol–water partition coefficient (Wildman–Crippen LogP) is 10.1. The van der Waals surface area contributed by atoms with Crippen molar-refractivity contribution in [2.45, 2.75) is 18.4 Å². The quantitative estimate of drug-likeness (QED) is 0.0958. The third kappa shape index (κ3) is 5.73. The van der Waals surface area contributed by atoms with E-state index in [0.29, 0.717) is 0 Å². The first-order valence-electron chi connectivity index (χ1n) is 17.5. The summed E-state index contributed by atoms with van der Waals surface area (Å²) in [6, 6.07) is 52.3. The summed E-state index contributed by atoms with van der Waals surface area (Å²) in [4.78, 5) is 24.8. The van der Waals surface area contributed by atoms with Crippen LogP contribution in [0.5, 0.6) is 0 Å². The van der Waals surface area contributed by atoms with Gasteiger partial charge in [0.15, 0.2) is 16.5 Å². The van der Waals surface area contributed by atoms with Gasteiger partial charge in [-0.15, -0.1) is 0 Å². The number of ketones is 1. The zero-order chi connectivity index (χ0) is 36.9. The number of carbonyl (C=O) groups excluding carboxylic acids is 2. The number of aromatic nitrogens is 2. The van der Waals surface area contributed by atoms with E-state index in [9.17, 15) is 18.0 Å². The van der Waals surface area contributed by atoms with Crippen molar-refractivity contribution in [2.24, 2.45) is 0 Å². The molecule has 0 aliphatic carbocycles. The Bertz CT molecular complexity index is 2960. The van der Waals surface area contributed by atoms with Gasteiger partial charge in [0.1, 0.15) is 6.61 Å². The largest absolute Gasteiger partial charge is 0.457 e. The molecule has 54 heavy (non-hydrogen) atoms. The summed E-state index contributed by atoms with van der Waals surface area (Å²) in [5.74, 6) is -1.05. The number of carbonyl (C=O) groups is 2. The molecule has 7 aromatic carbocycles. The van der Waals surface area contributed by atoms with E-state index in [1.165, 1.54) is 46.9 Å². The Labute approximate surface area is 312 Å². The molecule has 0 N–H and O–H groups in total. The smallest absolute Gasteiger partial charge is 0.338 e. The maximum atomic E-state index is 13.0. The van der Waals surface area contributed by atoms with Crippen LogP contribution in [0.25, 0.3) is 66.1 Å². The Morgan fingerprint density at radius 2 is 0.981 bits per heavy atom. The molecule has 0 aliphatic heterocycles. The van der Waals surface area contributed by atoms with Gasteiger partial charge in [0.05, 0.1) is 32.5 Å². The normalized spacial score (nSPS) is 11.6. The van der Waals surface area contributed by atoms with Crippen molar-refractivity contribution in [3.8, 4) is 22.5 Å². The summed E-state index contributed by atoms with van der Waals surface area (Å²) in [5, 5.41) is 4.54. The van der Waals surface area contributed by atoms with Crippen LogP contribution in [0.2, 0.25) is 0 Å². The van der Waals surface area contributed by atoms with Crippen molar-refractivity contribution in [3.05, 3.63) is 174 Å². The molecule has 9 aromatic rings. The number of fused-ring (bicyclic) bond motifs is 6. The van der Waals surface area contributed by atoms with Crippen molar-refractivity contribution in [3.63, 3.8) is 0 Å². The van der Waals surface area contributed by atoms with E-state index >= 15 is 0 Å². The minimum Gasteiger partial charge on any atom is -0.457 e. The molecule has 8 heteroatoms. The van der Waals surface area contributed by atoms with Crippen molar-refractivity contribution in [1.82, 2.24) is 9.13 Å². The molecule has 0 aliphatic rings. The molecule has 0 spiro atoms. The van der Waals surface area contributed by atoms with Gasteiger partial charge in [-0.3, -0.25) is 4.79 Å². The van der Waals surface area contributed by atoms with E-state index in [1.807, 2.05) is 30.3 Å². The van der Waals surface area contributed by atoms with Crippen LogP contribution in [0.4, 0.5) is 0 Å². The number of benzene rings is 7. The number of Topliss-reactive ketones (excluding diaryl/α,β-unsaturated/α-hetero) is 1. The van der Waals surface area contributed by atoms with Gasteiger partial charge in [-0.25, -0.2) is 13.2 Å². The van der Waals surface area contributed by atoms with Gasteiger partial charge in [0.2, 0.25) is 0 Å². The molecule has 0 atom stereocenters. The maximum absolute atomic E-state index is 13.0. The number of rotatable bonds is 8. The van der Waals surface area contributed by atoms with Gasteiger partial charge in [0, 0.05) is 38.5 Å². The van der Waals surface area contributed by atoms with E-state index in [4.69, 9.17) is 4.74 Å². The Hall–Kier alpha value is -6.77. The van der Waals surface area contributed by atoms with Gasteiger partial charge in [0.25, 0.3) is 0 Å². The molecule has 0 saturated heterocycles. The minimum atomic E-state index is -2.98. The fourth-order valence-corrected chi connectivity index (χ4v) is 7.95. The second-order valence-electron chi connectivity index (χ2n) is 13.3. The SMILES string of the molecule is CC(=O)c1cc(C(=O)OCc2ccc3c(c2)c2ccccc2n3-c2ccc(-c3ccc(-n4c5ccccc5c5ccccc54)cc3)cc2)cc([SH](=O)=O)c1. The molecular formula is C46H32N2O5S. The van der Waals surface area contributed by atoms with Crippen LogP contribution in [-0.4, -0.2) is 29.3 Å². The van der Waals surface area contributed by atoms with E-state index in [-0.39, 0.29) is 28.4 Å². The second-order valence-corrected chi connectivity index (χ2v) is 14.4. The highest BCUT2D eigenvalue weighted by molar-refractivity contribution is 7.72. The van der Waals surface area contributed by atoms with Crippen LogP contribution in [-0.2, 0) is 22.0 Å². The van der Waals surface area contributed by atoms with Gasteiger partial charge >= 0.3 is 5.97 Å². The topological polar surface area (TPSA) is 87.4 Å². The molecule has 7 nitrogen and oxygen atoms in total. The van der Waals surface area contributed by atoms with Crippen molar-refractivity contribution in [2.75, 3.05) is 0 Å². The third-order valence-electron chi connectivity index (χ3n) is 10.0. The van der Waals surface area contributed by atoms with E-state index in [0.717, 1.165) is 49.9 Å². The maximum Gasteiger partial charge on any atom is 0.338 e. The highest BCUT2D eigenvalue weighted by atomic mass is 32.2. The molecule has 0 bridgehead atoms. The zero-order valence-corrected chi connectivity index (χ0v) is 30.0. The highest BCUT2D eigenvalue weighted by Gasteiger charge is 2.17. The second kappa shape index (κ2) is 13.3. The summed E-state index contributed by atoms with van der Waals surface area (Å²) in [6.45, 7) is 1.29.